The van der Waals surface area contributed by atoms with Crippen LogP contribution in [0.15, 0.2) is 24.5 Å². The molecule has 0 fully saturated rings. The van der Waals surface area contributed by atoms with Crippen molar-refractivity contribution in [1.29, 1.82) is 0 Å². The van der Waals surface area contributed by atoms with E-state index in [9.17, 15) is 9.59 Å². The first-order chi connectivity index (χ1) is 9.54. The number of hydrogen-bond donors (Lipinski definition) is 2. The van der Waals surface area contributed by atoms with Crippen LogP contribution in [0.25, 0.3) is 0 Å². The van der Waals surface area contributed by atoms with Gasteiger partial charge >= 0.3 is 6.09 Å². The molecule has 1 aromatic rings. The van der Waals surface area contributed by atoms with Gasteiger partial charge in [-0.1, -0.05) is 19.9 Å². The average molecular weight is 279 g/mol. The minimum atomic E-state index is -0.620. The van der Waals surface area contributed by atoms with E-state index in [1.54, 1.807) is 25.4 Å². The molecule has 0 aromatic carbocycles. The molecule has 0 aliphatic heterocycles. The van der Waals surface area contributed by atoms with Gasteiger partial charge in [-0.15, -0.1) is 0 Å². The standard InChI is InChI=1S/C14H21N3O3/c1-4-20-14(19)17-12(10(2)3)13(18)16-9-11-6-5-7-15-8-11/h5-8,10,12H,4,9H2,1-3H3,(H,16,18)(H,17,19)/t12-/m1/s1. The number of amides is 2. The van der Waals surface area contributed by atoms with E-state index in [2.05, 4.69) is 15.6 Å². The Morgan fingerprint density at radius 3 is 2.70 bits per heavy atom. The lowest BCUT2D eigenvalue weighted by molar-refractivity contribution is -0.124. The van der Waals surface area contributed by atoms with E-state index < -0.39 is 12.1 Å². The molecule has 0 saturated carbocycles. The number of carbonyl (C=O) groups is 2. The van der Waals surface area contributed by atoms with Crippen LogP contribution in [0.4, 0.5) is 4.79 Å². The van der Waals surface area contributed by atoms with Gasteiger partial charge in [0.15, 0.2) is 0 Å². The molecule has 0 saturated heterocycles. The van der Waals surface area contributed by atoms with E-state index in [1.807, 2.05) is 19.9 Å². The highest BCUT2D eigenvalue weighted by Gasteiger charge is 2.24. The molecule has 6 nitrogen and oxygen atoms in total. The molecule has 0 bridgehead atoms. The third-order valence-corrected chi connectivity index (χ3v) is 2.69. The quantitative estimate of drug-likeness (QED) is 0.826. The van der Waals surface area contributed by atoms with Crippen molar-refractivity contribution in [3.8, 4) is 0 Å². The summed E-state index contributed by atoms with van der Waals surface area (Å²) in [5.74, 6) is -0.273. The maximum Gasteiger partial charge on any atom is 0.407 e. The Labute approximate surface area is 118 Å². The topological polar surface area (TPSA) is 80.3 Å². The third-order valence-electron chi connectivity index (χ3n) is 2.69. The summed E-state index contributed by atoms with van der Waals surface area (Å²) in [5.41, 5.74) is 0.902. The fourth-order valence-corrected chi connectivity index (χ4v) is 1.64. The van der Waals surface area contributed by atoms with Crippen molar-refractivity contribution < 1.29 is 14.3 Å². The molecule has 1 aromatic heterocycles. The Kier molecular flexibility index (Phi) is 6.49. The van der Waals surface area contributed by atoms with Gasteiger partial charge in [-0.25, -0.2) is 4.79 Å². The number of aromatic nitrogens is 1. The molecular formula is C14H21N3O3. The SMILES string of the molecule is CCOC(=O)N[C@@H](C(=O)NCc1cccnc1)C(C)C. The summed E-state index contributed by atoms with van der Waals surface area (Å²) in [6.45, 7) is 6.09. The first-order valence-electron chi connectivity index (χ1n) is 6.64. The smallest absolute Gasteiger partial charge is 0.407 e. The second-order valence-electron chi connectivity index (χ2n) is 4.67. The van der Waals surface area contributed by atoms with Crippen LogP contribution in [-0.2, 0) is 16.1 Å². The second kappa shape index (κ2) is 8.14. The number of pyridine rings is 1. The Balaban J connectivity index is 2.54. The lowest BCUT2D eigenvalue weighted by Gasteiger charge is -2.21. The number of hydrogen-bond acceptors (Lipinski definition) is 4. The predicted octanol–water partition coefficient (Wildman–Crippen LogP) is 1.47. The van der Waals surface area contributed by atoms with Gasteiger partial charge in [0, 0.05) is 18.9 Å². The normalized spacial score (nSPS) is 11.8. The van der Waals surface area contributed by atoms with Gasteiger partial charge in [0.05, 0.1) is 6.61 Å². The summed E-state index contributed by atoms with van der Waals surface area (Å²) in [7, 11) is 0. The van der Waals surface area contributed by atoms with Crippen LogP contribution >= 0.6 is 0 Å². The van der Waals surface area contributed by atoms with Crippen LogP contribution in [0, 0.1) is 5.92 Å². The van der Waals surface area contributed by atoms with Crippen molar-refractivity contribution in [2.45, 2.75) is 33.4 Å². The molecule has 2 amide bonds. The van der Waals surface area contributed by atoms with E-state index in [1.165, 1.54) is 0 Å². The summed E-state index contributed by atoms with van der Waals surface area (Å²) in [6, 6.07) is 3.06. The number of alkyl carbamates (subject to hydrolysis) is 1. The highest BCUT2D eigenvalue weighted by Crippen LogP contribution is 2.03. The largest absolute Gasteiger partial charge is 0.450 e. The van der Waals surface area contributed by atoms with Gasteiger partial charge < -0.3 is 15.4 Å². The molecule has 0 unspecified atom stereocenters. The summed E-state index contributed by atoms with van der Waals surface area (Å²) < 4.78 is 4.80. The van der Waals surface area contributed by atoms with Crippen molar-refractivity contribution in [3.63, 3.8) is 0 Å². The Bertz CT molecular complexity index is 435. The molecule has 0 spiro atoms. The Hall–Kier alpha value is -2.11. The van der Waals surface area contributed by atoms with E-state index in [0.29, 0.717) is 6.54 Å². The Morgan fingerprint density at radius 2 is 2.15 bits per heavy atom. The highest BCUT2D eigenvalue weighted by atomic mass is 16.5. The molecule has 6 heteroatoms. The molecule has 2 N–H and O–H groups in total. The number of rotatable bonds is 6. The monoisotopic (exact) mass is 279 g/mol. The second-order valence-corrected chi connectivity index (χ2v) is 4.67. The molecule has 1 atom stereocenters. The first-order valence-corrected chi connectivity index (χ1v) is 6.64. The lowest BCUT2D eigenvalue weighted by atomic mass is 10.0. The van der Waals surface area contributed by atoms with Crippen LogP contribution in [0.2, 0.25) is 0 Å². The van der Waals surface area contributed by atoms with Gasteiger partial charge in [-0.05, 0) is 24.5 Å². The Morgan fingerprint density at radius 1 is 1.40 bits per heavy atom. The molecule has 0 aliphatic rings. The van der Waals surface area contributed by atoms with Gasteiger partial charge in [-0.3, -0.25) is 9.78 Å². The van der Waals surface area contributed by atoms with Gasteiger partial charge in [-0.2, -0.15) is 0 Å². The molecule has 20 heavy (non-hydrogen) atoms. The summed E-state index contributed by atoms with van der Waals surface area (Å²) in [4.78, 5) is 27.5. The number of carbonyl (C=O) groups excluding carboxylic acids is 2. The lowest BCUT2D eigenvalue weighted by Crippen LogP contribution is -2.49. The summed E-state index contributed by atoms with van der Waals surface area (Å²) >= 11 is 0. The van der Waals surface area contributed by atoms with Crippen LogP contribution in [0.5, 0.6) is 0 Å². The molecule has 1 rings (SSSR count). The van der Waals surface area contributed by atoms with E-state index in [-0.39, 0.29) is 18.4 Å². The minimum Gasteiger partial charge on any atom is -0.450 e. The highest BCUT2D eigenvalue weighted by molar-refractivity contribution is 5.85. The van der Waals surface area contributed by atoms with Crippen LogP contribution < -0.4 is 10.6 Å². The summed E-state index contributed by atoms with van der Waals surface area (Å²) in [6.07, 6.45) is 2.77. The molecular weight excluding hydrogens is 258 g/mol. The van der Waals surface area contributed by atoms with Crippen molar-refractivity contribution >= 4 is 12.0 Å². The maximum atomic E-state index is 12.1. The van der Waals surface area contributed by atoms with Gasteiger partial charge in [0.2, 0.25) is 5.91 Å². The van der Waals surface area contributed by atoms with Crippen LogP contribution in [0.3, 0.4) is 0 Å². The van der Waals surface area contributed by atoms with Crippen molar-refractivity contribution in [2.75, 3.05) is 6.61 Å². The maximum absolute atomic E-state index is 12.1. The first kappa shape index (κ1) is 15.9. The molecule has 0 aliphatic carbocycles. The van der Waals surface area contributed by atoms with E-state index >= 15 is 0 Å². The van der Waals surface area contributed by atoms with Gasteiger partial charge in [0.1, 0.15) is 6.04 Å². The van der Waals surface area contributed by atoms with Crippen molar-refractivity contribution in [2.24, 2.45) is 5.92 Å². The zero-order valence-electron chi connectivity index (χ0n) is 12.1. The summed E-state index contributed by atoms with van der Waals surface area (Å²) in [5, 5.41) is 5.34. The van der Waals surface area contributed by atoms with Crippen molar-refractivity contribution in [3.05, 3.63) is 30.1 Å². The number of nitrogens with zero attached hydrogens (tertiary/aromatic N) is 1. The molecule has 1 heterocycles. The number of ether oxygens (including phenoxy) is 1. The average Bonchev–Trinajstić information content (AvgIpc) is 2.43. The zero-order chi connectivity index (χ0) is 15.0. The van der Waals surface area contributed by atoms with E-state index in [0.717, 1.165) is 5.56 Å². The van der Waals surface area contributed by atoms with Crippen LogP contribution in [-0.4, -0.2) is 29.6 Å². The molecule has 110 valence electrons. The zero-order valence-corrected chi connectivity index (χ0v) is 12.1. The van der Waals surface area contributed by atoms with Gasteiger partial charge in [0.25, 0.3) is 0 Å². The van der Waals surface area contributed by atoms with E-state index in [4.69, 9.17) is 4.74 Å². The van der Waals surface area contributed by atoms with Crippen LogP contribution in [0.1, 0.15) is 26.3 Å². The fourth-order valence-electron chi connectivity index (χ4n) is 1.64. The predicted molar refractivity (Wildman–Crippen MR) is 74.9 cm³/mol. The molecule has 0 radical (unpaired) electrons. The van der Waals surface area contributed by atoms with Crippen molar-refractivity contribution in [1.82, 2.24) is 15.6 Å². The third kappa shape index (κ3) is 5.26. The minimum absolute atomic E-state index is 0.0340. The fraction of sp³-hybridized carbons (Fsp3) is 0.500. The number of nitrogens with one attached hydrogen (secondary N) is 2.